The van der Waals surface area contributed by atoms with Crippen LogP contribution in [0.15, 0.2) is 0 Å². The van der Waals surface area contributed by atoms with Gasteiger partial charge >= 0.3 is 0 Å². The normalized spacial score (nSPS) is 26.5. The van der Waals surface area contributed by atoms with Gasteiger partial charge in [-0.25, -0.2) is 0 Å². The van der Waals surface area contributed by atoms with E-state index in [2.05, 4.69) is 31.4 Å². The van der Waals surface area contributed by atoms with E-state index in [9.17, 15) is 0 Å². The van der Waals surface area contributed by atoms with Crippen LogP contribution in [-0.4, -0.2) is 22.9 Å². The lowest BCUT2D eigenvalue weighted by Crippen LogP contribution is -2.44. The fraction of sp³-hybridized carbons (Fsp3) is 1.00. The van der Waals surface area contributed by atoms with E-state index in [0.29, 0.717) is 0 Å². The molecular formula is C9H19NS. The lowest BCUT2D eigenvalue weighted by molar-refractivity contribution is 0.148. The van der Waals surface area contributed by atoms with Gasteiger partial charge in [-0.15, -0.1) is 0 Å². The second-order valence-electron chi connectivity index (χ2n) is 3.62. The molecule has 1 atom stereocenters. The summed E-state index contributed by atoms with van der Waals surface area (Å²) in [5.74, 6) is 0. The zero-order chi connectivity index (χ0) is 8.32. The van der Waals surface area contributed by atoms with Crippen LogP contribution in [0.5, 0.6) is 0 Å². The maximum absolute atomic E-state index is 4.66. The maximum atomic E-state index is 4.66. The largest absolute Gasteiger partial charge is 0.289 e. The number of rotatable bonds is 2. The van der Waals surface area contributed by atoms with Crippen molar-refractivity contribution in [3.8, 4) is 0 Å². The molecule has 0 N–H and O–H groups in total. The molecule has 1 rings (SSSR count). The summed E-state index contributed by atoms with van der Waals surface area (Å²) >= 11 is 4.66. The molecule has 0 radical (unpaired) electrons. The van der Waals surface area contributed by atoms with Crippen molar-refractivity contribution in [3.63, 3.8) is 0 Å². The van der Waals surface area contributed by atoms with Gasteiger partial charge in [0.05, 0.1) is 4.87 Å². The topological polar surface area (TPSA) is 3.24 Å². The van der Waals surface area contributed by atoms with Crippen molar-refractivity contribution in [2.75, 3.05) is 13.1 Å². The van der Waals surface area contributed by atoms with E-state index < -0.39 is 0 Å². The van der Waals surface area contributed by atoms with Crippen LogP contribution >= 0.6 is 12.6 Å². The van der Waals surface area contributed by atoms with E-state index >= 15 is 0 Å². The van der Waals surface area contributed by atoms with Crippen molar-refractivity contribution < 1.29 is 0 Å². The zero-order valence-corrected chi connectivity index (χ0v) is 8.53. The average molecular weight is 173 g/mol. The van der Waals surface area contributed by atoms with Crippen LogP contribution in [-0.2, 0) is 0 Å². The molecular weight excluding hydrogens is 154 g/mol. The minimum Gasteiger partial charge on any atom is -0.289 e. The molecule has 0 aromatic rings. The second-order valence-corrected chi connectivity index (χ2v) is 4.58. The number of hydrogen-bond acceptors (Lipinski definition) is 2. The van der Waals surface area contributed by atoms with Gasteiger partial charge < -0.3 is 0 Å². The Bertz CT molecular complexity index is 117. The Kier molecular flexibility index (Phi) is 3.26. The smallest absolute Gasteiger partial charge is 0.0609 e. The van der Waals surface area contributed by atoms with E-state index in [-0.39, 0.29) is 4.87 Å². The predicted molar refractivity (Wildman–Crippen MR) is 53.1 cm³/mol. The van der Waals surface area contributed by atoms with Gasteiger partial charge in [-0.2, -0.15) is 12.6 Å². The van der Waals surface area contributed by atoms with E-state index in [4.69, 9.17) is 0 Å². The molecule has 11 heavy (non-hydrogen) atoms. The molecule has 1 saturated heterocycles. The molecule has 1 nitrogen and oxygen atoms in total. The molecule has 1 unspecified atom stereocenters. The highest BCUT2D eigenvalue weighted by Gasteiger charge is 2.26. The van der Waals surface area contributed by atoms with Crippen LogP contribution in [0.3, 0.4) is 0 Å². The first kappa shape index (κ1) is 9.40. The molecule has 0 aliphatic carbocycles. The van der Waals surface area contributed by atoms with E-state index in [1.807, 2.05) is 0 Å². The monoisotopic (exact) mass is 173 g/mol. The Morgan fingerprint density at radius 2 is 1.82 bits per heavy atom. The fourth-order valence-corrected chi connectivity index (χ4v) is 1.80. The number of piperidine rings is 1. The van der Waals surface area contributed by atoms with Crippen molar-refractivity contribution in [1.82, 2.24) is 4.90 Å². The average Bonchev–Trinajstić information content (AvgIpc) is 2.06. The van der Waals surface area contributed by atoms with Gasteiger partial charge in [0, 0.05) is 0 Å². The van der Waals surface area contributed by atoms with Crippen molar-refractivity contribution in [2.45, 2.75) is 44.4 Å². The molecule has 0 aromatic heterocycles. The highest BCUT2D eigenvalue weighted by atomic mass is 32.1. The molecule has 2 heteroatoms. The molecule has 1 aliphatic rings. The predicted octanol–water partition coefficient (Wildman–Crippen LogP) is 2.53. The highest BCUT2D eigenvalue weighted by molar-refractivity contribution is 7.81. The number of nitrogens with zero attached hydrogens (tertiary/aromatic N) is 1. The van der Waals surface area contributed by atoms with Gasteiger partial charge in [0.1, 0.15) is 0 Å². The van der Waals surface area contributed by atoms with Crippen LogP contribution in [0.4, 0.5) is 0 Å². The second kappa shape index (κ2) is 3.81. The first-order valence-electron chi connectivity index (χ1n) is 4.64. The van der Waals surface area contributed by atoms with Gasteiger partial charge in [-0.05, 0) is 39.3 Å². The minimum atomic E-state index is 0.139. The van der Waals surface area contributed by atoms with Gasteiger partial charge in [-0.3, -0.25) is 4.90 Å². The number of hydrogen-bond donors (Lipinski definition) is 1. The van der Waals surface area contributed by atoms with E-state index in [1.54, 1.807) is 0 Å². The summed E-state index contributed by atoms with van der Waals surface area (Å²) < 4.78 is 0. The molecule has 0 aromatic carbocycles. The van der Waals surface area contributed by atoms with Crippen molar-refractivity contribution >= 4 is 12.6 Å². The lowest BCUT2D eigenvalue weighted by atomic mass is 10.1. The Hall–Kier alpha value is 0.310. The van der Waals surface area contributed by atoms with Gasteiger partial charge in [0.25, 0.3) is 0 Å². The third kappa shape index (κ3) is 2.38. The van der Waals surface area contributed by atoms with Crippen LogP contribution in [0.25, 0.3) is 0 Å². The third-order valence-corrected chi connectivity index (χ3v) is 3.31. The Labute approximate surface area is 75.6 Å². The highest BCUT2D eigenvalue weighted by Crippen LogP contribution is 2.26. The molecule has 0 amide bonds. The van der Waals surface area contributed by atoms with Crippen LogP contribution in [0.1, 0.15) is 39.5 Å². The van der Waals surface area contributed by atoms with E-state index in [0.717, 1.165) is 6.42 Å². The third-order valence-electron chi connectivity index (χ3n) is 2.71. The molecule has 1 fully saturated rings. The SMILES string of the molecule is CCC(C)(S)N1CCCCC1. The van der Waals surface area contributed by atoms with E-state index in [1.165, 1.54) is 32.4 Å². The summed E-state index contributed by atoms with van der Waals surface area (Å²) in [4.78, 5) is 2.64. The Morgan fingerprint density at radius 3 is 2.27 bits per heavy atom. The van der Waals surface area contributed by atoms with Crippen molar-refractivity contribution in [1.29, 1.82) is 0 Å². The molecule has 1 heterocycles. The Balaban J connectivity index is 2.43. The van der Waals surface area contributed by atoms with Crippen molar-refractivity contribution in [3.05, 3.63) is 0 Å². The Morgan fingerprint density at radius 1 is 1.27 bits per heavy atom. The zero-order valence-electron chi connectivity index (χ0n) is 7.64. The summed E-state index contributed by atoms with van der Waals surface area (Å²) in [5.41, 5.74) is 0. The first-order valence-corrected chi connectivity index (χ1v) is 5.09. The number of likely N-dealkylation sites (tertiary alicyclic amines) is 1. The fourth-order valence-electron chi connectivity index (χ4n) is 1.60. The van der Waals surface area contributed by atoms with Crippen LogP contribution in [0, 0.1) is 0 Å². The maximum Gasteiger partial charge on any atom is 0.0609 e. The summed E-state index contributed by atoms with van der Waals surface area (Å²) in [7, 11) is 0. The van der Waals surface area contributed by atoms with Gasteiger partial charge in [0.15, 0.2) is 0 Å². The molecule has 0 saturated carbocycles. The van der Waals surface area contributed by atoms with Gasteiger partial charge in [0.2, 0.25) is 0 Å². The summed E-state index contributed by atoms with van der Waals surface area (Å²) in [5, 5.41) is 0. The molecule has 66 valence electrons. The molecule has 0 spiro atoms. The van der Waals surface area contributed by atoms with Crippen molar-refractivity contribution in [2.24, 2.45) is 0 Å². The lowest BCUT2D eigenvalue weighted by Gasteiger charge is -2.39. The first-order chi connectivity index (χ1) is 5.17. The number of thiol groups is 1. The summed E-state index contributed by atoms with van der Waals surface area (Å²) in [6.45, 7) is 6.92. The molecule has 1 aliphatic heterocycles. The van der Waals surface area contributed by atoms with Gasteiger partial charge in [-0.1, -0.05) is 13.3 Å². The van der Waals surface area contributed by atoms with Crippen LogP contribution < -0.4 is 0 Å². The standard InChI is InChI=1S/C9H19NS/c1-3-9(2,11)10-7-5-4-6-8-10/h11H,3-8H2,1-2H3. The summed E-state index contributed by atoms with van der Waals surface area (Å²) in [6, 6.07) is 0. The minimum absolute atomic E-state index is 0.139. The van der Waals surface area contributed by atoms with Crippen LogP contribution in [0.2, 0.25) is 0 Å². The summed E-state index contributed by atoms with van der Waals surface area (Å²) in [6.07, 6.45) is 5.26. The molecule has 0 bridgehead atoms. The quantitative estimate of drug-likeness (QED) is 0.628.